The van der Waals surface area contributed by atoms with Crippen molar-refractivity contribution in [2.45, 2.75) is 6.42 Å². The van der Waals surface area contributed by atoms with E-state index < -0.39 is 0 Å². The van der Waals surface area contributed by atoms with Gasteiger partial charge >= 0.3 is 5.97 Å². The SMILES string of the molecule is COC(=O)c1ccc(CCNc2nc3c(C#N)cccc3[nH]2)cc1. The molecule has 0 spiro atoms. The topological polar surface area (TPSA) is 90.8 Å². The lowest BCUT2D eigenvalue weighted by atomic mass is 10.1. The van der Waals surface area contributed by atoms with Crippen molar-refractivity contribution in [3.63, 3.8) is 0 Å². The molecule has 1 heterocycles. The van der Waals surface area contributed by atoms with Gasteiger partial charge in [-0.2, -0.15) is 5.26 Å². The number of nitriles is 1. The van der Waals surface area contributed by atoms with E-state index in [1.165, 1.54) is 7.11 Å². The Labute approximate surface area is 139 Å². The van der Waals surface area contributed by atoms with Crippen LogP contribution in [0.4, 0.5) is 5.95 Å². The van der Waals surface area contributed by atoms with Crippen LogP contribution in [-0.2, 0) is 11.2 Å². The minimum absolute atomic E-state index is 0.338. The fourth-order valence-corrected chi connectivity index (χ4v) is 2.46. The van der Waals surface area contributed by atoms with E-state index in [-0.39, 0.29) is 5.97 Å². The second-order valence-electron chi connectivity index (χ2n) is 5.26. The summed E-state index contributed by atoms with van der Waals surface area (Å²) in [7, 11) is 1.37. The molecule has 0 bridgehead atoms. The fraction of sp³-hybridized carbons (Fsp3) is 0.167. The molecule has 0 saturated heterocycles. The molecule has 0 amide bonds. The molecule has 0 aliphatic rings. The van der Waals surface area contributed by atoms with Crippen LogP contribution in [0.1, 0.15) is 21.5 Å². The number of aromatic nitrogens is 2. The normalized spacial score (nSPS) is 10.3. The molecule has 3 rings (SSSR count). The first-order valence-corrected chi connectivity index (χ1v) is 7.51. The van der Waals surface area contributed by atoms with E-state index in [0.717, 1.165) is 17.5 Å². The molecule has 0 saturated carbocycles. The third-order valence-corrected chi connectivity index (χ3v) is 3.71. The highest BCUT2D eigenvalue weighted by atomic mass is 16.5. The van der Waals surface area contributed by atoms with Crippen molar-refractivity contribution in [1.82, 2.24) is 9.97 Å². The van der Waals surface area contributed by atoms with Gasteiger partial charge < -0.3 is 15.0 Å². The number of benzene rings is 2. The van der Waals surface area contributed by atoms with Gasteiger partial charge in [-0.25, -0.2) is 9.78 Å². The summed E-state index contributed by atoms with van der Waals surface area (Å²) >= 11 is 0. The van der Waals surface area contributed by atoms with Crippen LogP contribution in [0, 0.1) is 11.3 Å². The van der Waals surface area contributed by atoms with Gasteiger partial charge in [0, 0.05) is 6.54 Å². The predicted molar refractivity (Wildman–Crippen MR) is 90.8 cm³/mol. The zero-order valence-corrected chi connectivity index (χ0v) is 13.2. The molecule has 0 aliphatic heterocycles. The molecule has 3 aromatic rings. The summed E-state index contributed by atoms with van der Waals surface area (Å²) in [5.74, 6) is 0.300. The third-order valence-electron chi connectivity index (χ3n) is 3.71. The molecule has 2 aromatic carbocycles. The lowest BCUT2D eigenvalue weighted by Gasteiger charge is -2.04. The Morgan fingerprint density at radius 2 is 2.08 bits per heavy atom. The number of anilines is 1. The number of methoxy groups -OCH3 is 1. The van der Waals surface area contributed by atoms with Crippen LogP contribution >= 0.6 is 0 Å². The van der Waals surface area contributed by atoms with E-state index >= 15 is 0 Å². The third kappa shape index (κ3) is 3.20. The second kappa shape index (κ2) is 6.84. The van der Waals surface area contributed by atoms with Gasteiger partial charge in [0.25, 0.3) is 0 Å². The van der Waals surface area contributed by atoms with Gasteiger partial charge in [0.05, 0.1) is 23.8 Å². The van der Waals surface area contributed by atoms with Crippen LogP contribution < -0.4 is 5.32 Å². The maximum atomic E-state index is 11.4. The van der Waals surface area contributed by atoms with E-state index in [2.05, 4.69) is 26.1 Å². The Balaban J connectivity index is 1.62. The molecule has 6 nitrogen and oxygen atoms in total. The smallest absolute Gasteiger partial charge is 0.337 e. The zero-order chi connectivity index (χ0) is 16.9. The van der Waals surface area contributed by atoms with Crippen molar-refractivity contribution in [3.05, 3.63) is 59.2 Å². The van der Waals surface area contributed by atoms with Crippen LogP contribution in [0.3, 0.4) is 0 Å². The molecule has 6 heteroatoms. The number of carbonyl (C=O) groups is 1. The summed E-state index contributed by atoms with van der Waals surface area (Å²) in [5, 5.41) is 12.3. The summed E-state index contributed by atoms with van der Waals surface area (Å²) in [5.41, 5.74) is 3.69. The highest BCUT2D eigenvalue weighted by molar-refractivity contribution is 5.89. The molecule has 0 fully saturated rings. The lowest BCUT2D eigenvalue weighted by Crippen LogP contribution is -2.06. The van der Waals surface area contributed by atoms with Crippen LogP contribution in [0.5, 0.6) is 0 Å². The number of H-pyrrole nitrogens is 1. The number of ether oxygens (including phenoxy) is 1. The van der Waals surface area contributed by atoms with Gasteiger partial charge in [-0.15, -0.1) is 0 Å². The summed E-state index contributed by atoms with van der Waals surface area (Å²) in [6, 6.07) is 14.9. The van der Waals surface area contributed by atoms with Gasteiger partial charge in [0.2, 0.25) is 5.95 Å². The molecule has 0 unspecified atom stereocenters. The number of hydrogen-bond acceptors (Lipinski definition) is 5. The van der Waals surface area contributed by atoms with Crippen molar-refractivity contribution in [2.24, 2.45) is 0 Å². The number of esters is 1. The average molecular weight is 320 g/mol. The molecule has 0 radical (unpaired) electrons. The Morgan fingerprint density at radius 1 is 1.29 bits per heavy atom. The van der Waals surface area contributed by atoms with Gasteiger partial charge in [-0.05, 0) is 36.2 Å². The zero-order valence-electron chi connectivity index (χ0n) is 13.2. The Morgan fingerprint density at radius 3 is 2.79 bits per heavy atom. The maximum absolute atomic E-state index is 11.4. The fourth-order valence-electron chi connectivity index (χ4n) is 2.46. The Hall–Kier alpha value is -3.33. The average Bonchev–Trinajstić information content (AvgIpc) is 3.04. The standard InChI is InChI=1S/C18H16N4O2/c1-24-17(23)13-7-5-12(6-8-13)9-10-20-18-21-15-4-2-3-14(11-19)16(15)22-18/h2-8H,9-10H2,1H3,(H2,20,21,22). The number of carbonyl (C=O) groups excluding carboxylic acids is 1. The van der Waals surface area contributed by atoms with Gasteiger partial charge in [-0.1, -0.05) is 18.2 Å². The Kier molecular flexibility index (Phi) is 4.43. The van der Waals surface area contributed by atoms with Gasteiger partial charge in [0.1, 0.15) is 11.6 Å². The van der Waals surface area contributed by atoms with Crippen LogP contribution in [-0.4, -0.2) is 29.6 Å². The van der Waals surface area contributed by atoms with Crippen molar-refractivity contribution in [1.29, 1.82) is 5.26 Å². The first-order chi connectivity index (χ1) is 11.7. The Bertz CT molecular complexity index is 907. The van der Waals surface area contributed by atoms with E-state index in [1.54, 1.807) is 18.2 Å². The molecule has 120 valence electrons. The molecule has 24 heavy (non-hydrogen) atoms. The van der Waals surface area contributed by atoms with Crippen molar-refractivity contribution in [3.8, 4) is 6.07 Å². The molecule has 2 N–H and O–H groups in total. The molecular weight excluding hydrogens is 304 g/mol. The highest BCUT2D eigenvalue weighted by Crippen LogP contribution is 2.18. The van der Waals surface area contributed by atoms with Crippen molar-refractivity contribution in [2.75, 3.05) is 19.0 Å². The van der Waals surface area contributed by atoms with E-state index in [9.17, 15) is 4.79 Å². The number of nitrogens with one attached hydrogen (secondary N) is 2. The lowest BCUT2D eigenvalue weighted by molar-refractivity contribution is 0.0600. The van der Waals surface area contributed by atoms with Gasteiger partial charge in [0.15, 0.2) is 0 Å². The molecule has 1 aromatic heterocycles. The number of hydrogen-bond donors (Lipinski definition) is 2. The number of fused-ring (bicyclic) bond motifs is 1. The largest absolute Gasteiger partial charge is 0.465 e. The molecule has 0 atom stereocenters. The minimum atomic E-state index is -0.338. The summed E-state index contributed by atoms with van der Waals surface area (Å²) in [6.07, 6.45) is 0.781. The van der Waals surface area contributed by atoms with E-state index in [1.807, 2.05) is 24.3 Å². The first-order valence-electron chi connectivity index (χ1n) is 7.51. The van der Waals surface area contributed by atoms with E-state index in [0.29, 0.717) is 29.1 Å². The van der Waals surface area contributed by atoms with Crippen LogP contribution in [0.15, 0.2) is 42.5 Å². The highest BCUT2D eigenvalue weighted by Gasteiger charge is 2.07. The van der Waals surface area contributed by atoms with Crippen molar-refractivity contribution < 1.29 is 9.53 Å². The van der Waals surface area contributed by atoms with Crippen molar-refractivity contribution >= 4 is 23.0 Å². The summed E-state index contributed by atoms with van der Waals surface area (Å²) < 4.78 is 4.68. The quantitative estimate of drug-likeness (QED) is 0.705. The summed E-state index contributed by atoms with van der Waals surface area (Å²) in [6.45, 7) is 0.680. The minimum Gasteiger partial charge on any atom is -0.465 e. The second-order valence-corrected chi connectivity index (χ2v) is 5.26. The molecular formula is C18H16N4O2. The number of para-hydroxylation sites is 1. The van der Waals surface area contributed by atoms with Gasteiger partial charge in [-0.3, -0.25) is 0 Å². The van der Waals surface area contributed by atoms with Crippen LogP contribution in [0.2, 0.25) is 0 Å². The summed E-state index contributed by atoms with van der Waals surface area (Å²) in [4.78, 5) is 19.0. The molecule has 0 aliphatic carbocycles. The first kappa shape index (κ1) is 15.6. The number of imidazole rings is 1. The number of aromatic amines is 1. The number of nitrogens with zero attached hydrogens (tertiary/aromatic N) is 2. The van der Waals surface area contributed by atoms with Crippen LogP contribution in [0.25, 0.3) is 11.0 Å². The van der Waals surface area contributed by atoms with E-state index in [4.69, 9.17) is 5.26 Å². The predicted octanol–water partition coefficient (Wildman–Crippen LogP) is 2.88. The monoisotopic (exact) mass is 320 g/mol. The maximum Gasteiger partial charge on any atom is 0.337 e. The number of rotatable bonds is 5.